The van der Waals surface area contributed by atoms with Crippen LogP contribution in [0.5, 0.6) is 0 Å². The molecule has 0 bridgehead atoms. The summed E-state index contributed by atoms with van der Waals surface area (Å²) in [5.41, 5.74) is 0. The first-order chi connectivity index (χ1) is 6.46. The van der Waals surface area contributed by atoms with Crippen molar-refractivity contribution in [3.8, 4) is 0 Å². The van der Waals surface area contributed by atoms with Crippen LogP contribution in [0, 0.1) is 11.8 Å². The Bertz CT molecular complexity index is 271. The summed E-state index contributed by atoms with van der Waals surface area (Å²) in [7, 11) is -2.85. The molecule has 1 aliphatic heterocycles. The fourth-order valence-electron chi connectivity index (χ4n) is 2.18. The first-order valence-corrected chi connectivity index (χ1v) is 7.17. The lowest BCUT2D eigenvalue weighted by Gasteiger charge is -2.23. The third kappa shape index (κ3) is 2.95. The Hall–Kier alpha value is -0.0900. The second-order valence-electron chi connectivity index (χ2n) is 4.42. The van der Waals surface area contributed by atoms with Crippen LogP contribution in [-0.2, 0) is 9.84 Å². The average molecular weight is 220 g/mol. The number of hydrogen-bond donors (Lipinski definition) is 1. The van der Waals surface area contributed by atoms with Crippen LogP contribution >= 0.6 is 0 Å². The molecule has 1 heterocycles. The summed E-state index contributed by atoms with van der Waals surface area (Å²) in [5, 5.41) is 9.92. The molecule has 84 valence electrons. The van der Waals surface area contributed by atoms with Crippen LogP contribution < -0.4 is 0 Å². The smallest absolute Gasteiger partial charge is 0.150 e. The molecule has 3 unspecified atom stereocenters. The minimum absolute atomic E-state index is 0.0263. The van der Waals surface area contributed by atoms with Gasteiger partial charge in [0.1, 0.15) is 0 Å². The van der Waals surface area contributed by atoms with Crippen molar-refractivity contribution in [1.29, 1.82) is 0 Å². The molecule has 0 saturated carbocycles. The van der Waals surface area contributed by atoms with E-state index in [1.165, 1.54) is 0 Å². The van der Waals surface area contributed by atoms with Crippen molar-refractivity contribution in [3.05, 3.63) is 0 Å². The lowest BCUT2D eigenvalue weighted by atomic mass is 9.89. The topological polar surface area (TPSA) is 54.4 Å². The summed E-state index contributed by atoms with van der Waals surface area (Å²) in [6, 6.07) is 0. The molecule has 3 nitrogen and oxygen atoms in total. The fraction of sp³-hybridized carbons (Fsp3) is 1.00. The third-order valence-electron chi connectivity index (χ3n) is 3.08. The Morgan fingerprint density at radius 3 is 2.57 bits per heavy atom. The highest BCUT2D eigenvalue weighted by Gasteiger charge is 2.34. The quantitative estimate of drug-likeness (QED) is 0.775. The van der Waals surface area contributed by atoms with E-state index in [0.717, 1.165) is 12.8 Å². The predicted molar refractivity (Wildman–Crippen MR) is 56.8 cm³/mol. The van der Waals surface area contributed by atoms with E-state index in [9.17, 15) is 13.5 Å². The maximum Gasteiger partial charge on any atom is 0.150 e. The van der Waals surface area contributed by atoms with Crippen LogP contribution in [0.3, 0.4) is 0 Å². The molecule has 1 aliphatic rings. The molecule has 1 fully saturated rings. The molecule has 1 N–H and O–H groups in total. The maximum absolute atomic E-state index is 11.2. The summed E-state index contributed by atoms with van der Waals surface area (Å²) in [5.74, 6) is 0.635. The number of aliphatic hydroxyl groups excluding tert-OH is 1. The summed E-state index contributed by atoms with van der Waals surface area (Å²) < 4.78 is 22.4. The van der Waals surface area contributed by atoms with Gasteiger partial charge in [0.05, 0.1) is 17.6 Å². The highest BCUT2D eigenvalue weighted by Crippen LogP contribution is 2.27. The molecule has 0 aromatic rings. The highest BCUT2D eigenvalue weighted by atomic mass is 32.2. The van der Waals surface area contributed by atoms with Crippen LogP contribution in [0.4, 0.5) is 0 Å². The molecule has 0 aromatic carbocycles. The van der Waals surface area contributed by atoms with E-state index in [1.54, 1.807) is 0 Å². The van der Waals surface area contributed by atoms with Gasteiger partial charge >= 0.3 is 0 Å². The summed E-state index contributed by atoms with van der Waals surface area (Å²) in [6.07, 6.45) is 2.21. The van der Waals surface area contributed by atoms with Gasteiger partial charge < -0.3 is 5.11 Å². The molecule has 4 heteroatoms. The Morgan fingerprint density at radius 2 is 2.14 bits per heavy atom. The maximum atomic E-state index is 11.2. The first kappa shape index (κ1) is 12.0. The van der Waals surface area contributed by atoms with Crippen LogP contribution in [-0.4, -0.2) is 31.1 Å². The molecule has 1 rings (SSSR count). The van der Waals surface area contributed by atoms with Gasteiger partial charge in [-0.15, -0.1) is 0 Å². The molecule has 14 heavy (non-hydrogen) atoms. The lowest BCUT2D eigenvalue weighted by Crippen LogP contribution is -2.28. The predicted octanol–water partition coefficient (Wildman–Crippen LogP) is 1.22. The monoisotopic (exact) mass is 220 g/mol. The standard InChI is InChI=1S/C10H20O3S/c1-3-4-8(2)10(11)9-5-6-14(12,13)7-9/h8-11H,3-7H2,1-2H3. The SMILES string of the molecule is CCCC(C)C(O)C1CCS(=O)(=O)C1. The molecular weight excluding hydrogens is 200 g/mol. The van der Waals surface area contributed by atoms with E-state index in [1.807, 2.05) is 6.92 Å². The summed E-state index contributed by atoms with van der Waals surface area (Å²) in [6.45, 7) is 4.08. The van der Waals surface area contributed by atoms with Crippen molar-refractivity contribution in [3.63, 3.8) is 0 Å². The fourth-order valence-corrected chi connectivity index (χ4v) is 4.03. The van der Waals surface area contributed by atoms with Gasteiger partial charge in [0.15, 0.2) is 9.84 Å². The highest BCUT2D eigenvalue weighted by molar-refractivity contribution is 7.91. The zero-order valence-electron chi connectivity index (χ0n) is 8.94. The zero-order chi connectivity index (χ0) is 10.8. The van der Waals surface area contributed by atoms with Crippen molar-refractivity contribution in [2.75, 3.05) is 11.5 Å². The first-order valence-electron chi connectivity index (χ1n) is 5.34. The Balaban J connectivity index is 2.50. The van der Waals surface area contributed by atoms with Gasteiger partial charge in [-0.25, -0.2) is 8.42 Å². The Morgan fingerprint density at radius 1 is 1.50 bits per heavy atom. The minimum Gasteiger partial charge on any atom is -0.393 e. The van der Waals surface area contributed by atoms with Crippen molar-refractivity contribution in [2.45, 2.75) is 39.2 Å². The molecule has 0 aromatic heterocycles. The lowest BCUT2D eigenvalue weighted by molar-refractivity contribution is 0.0636. The summed E-state index contributed by atoms with van der Waals surface area (Å²) in [4.78, 5) is 0. The average Bonchev–Trinajstić information content (AvgIpc) is 2.45. The molecule has 0 spiro atoms. The Labute approximate surface area is 86.4 Å². The van der Waals surface area contributed by atoms with Gasteiger partial charge in [0, 0.05) is 0 Å². The van der Waals surface area contributed by atoms with E-state index in [2.05, 4.69) is 6.92 Å². The van der Waals surface area contributed by atoms with E-state index in [-0.39, 0.29) is 23.3 Å². The normalized spacial score (nSPS) is 30.1. The van der Waals surface area contributed by atoms with Gasteiger partial charge in [-0.05, 0) is 24.7 Å². The van der Waals surface area contributed by atoms with Crippen LogP contribution in [0.1, 0.15) is 33.1 Å². The van der Waals surface area contributed by atoms with Gasteiger partial charge in [-0.1, -0.05) is 20.3 Å². The van der Waals surface area contributed by atoms with Crippen molar-refractivity contribution in [2.24, 2.45) is 11.8 Å². The van der Waals surface area contributed by atoms with Crippen molar-refractivity contribution >= 4 is 9.84 Å². The van der Waals surface area contributed by atoms with Crippen LogP contribution in [0.15, 0.2) is 0 Å². The number of rotatable bonds is 4. The summed E-state index contributed by atoms with van der Waals surface area (Å²) >= 11 is 0. The minimum atomic E-state index is -2.85. The van der Waals surface area contributed by atoms with Crippen LogP contribution in [0.25, 0.3) is 0 Å². The number of hydrogen-bond acceptors (Lipinski definition) is 3. The molecule has 0 radical (unpaired) electrons. The van der Waals surface area contributed by atoms with Crippen molar-refractivity contribution < 1.29 is 13.5 Å². The van der Waals surface area contributed by atoms with Crippen molar-refractivity contribution in [1.82, 2.24) is 0 Å². The number of sulfone groups is 1. The van der Waals surface area contributed by atoms with Gasteiger partial charge in [0.25, 0.3) is 0 Å². The molecular formula is C10H20O3S. The molecule has 1 saturated heterocycles. The van der Waals surface area contributed by atoms with Gasteiger partial charge in [0.2, 0.25) is 0 Å². The second kappa shape index (κ2) is 4.62. The van der Waals surface area contributed by atoms with E-state index < -0.39 is 15.9 Å². The number of aliphatic hydroxyl groups is 1. The largest absolute Gasteiger partial charge is 0.393 e. The van der Waals surface area contributed by atoms with E-state index in [0.29, 0.717) is 6.42 Å². The van der Waals surface area contributed by atoms with Gasteiger partial charge in [-0.3, -0.25) is 0 Å². The zero-order valence-corrected chi connectivity index (χ0v) is 9.76. The third-order valence-corrected chi connectivity index (χ3v) is 4.87. The van der Waals surface area contributed by atoms with E-state index in [4.69, 9.17) is 0 Å². The molecule has 0 aliphatic carbocycles. The van der Waals surface area contributed by atoms with Crippen LogP contribution in [0.2, 0.25) is 0 Å². The second-order valence-corrected chi connectivity index (χ2v) is 6.65. The van der Waals surface area contributed by atoms with E-state index >= 15 is 0 Å². The molecule has 0 amide bonds. The van der Waals surface area contributed by atoms with Gasteiger partial charge in [-0.2, -0.15) is 0 Å². The Kier molecular flexibility index (Phi) is 3.95. The molecule has 3 atom stereocenters.